The van der Waals surface area contributed by atoms with E-state index in [9.17, 15) is 19.7 Å². The van der Waals surface area contributed by atoms with Crippen LogP contribution in [0.5, 0.6) is 5.75 Å². The van der Waals surface area contributed by atoms with E-state index in [1.165, 1.54) is 25.3 Å². The van der Waals surface area contributed by atoms with Crippen LogP contribution in [0.15, 0.2) is 41.5 Å². The summed E-state index contributed by atoms with van der Waals surface area (Å²) in [4.78, 5) is 38.0. The van der Waals surface area contributed by atoms with Crippen molar-refractivity contribution in [2.45, 2.75) is 13.8 Å². The minimum atomic E-state index is -0.596. The summed E-state index contributed by atoms with van der Waals surface area (Å²) in [7, 11) is 1.40. The molecule has 0 unspecified atom stereocenters. The van der Waals surface area contributed by atoms with Crippen LogP contribution in [0.1, 0.15) is 13.8 Å². The number of nitro benzene ring substituents is 1. The van der Waals surface area contributed by atoms with Gasteiger partial charge in [-0.15, -0.1) is 0 Å². The SMILES string of the molecule is COc1ccc(N2C(=O)[C@H]3[C@H](C2=O)[C@H]2C=C[C@@H]3C2=C(C)C)c([N+](=O)[O-])c1. The number of methoxy groups -OCH3 is 1. The van der Waals surface area contributed by atoms with Crippen molar-refractivity contribution in [2.24, 2.45) is 23.7 Å². The first-order valence-electron chi connectivity index (χ1n) is 8.42. The van der Waals surface area contributed by atoms with Crippen LogP contribution in [0.3, 0.4) is 0 Å². The van der Waals surface area contributed by atoms with Gasteiger partial charge in [-0.1, -0.05) is 23.3 Å². The highest BCUT2D eigenvalue weighted by molar-refractivity contribution is 6.24. The minimum absolute atomic E-state index is 0.0124. The van der Waals surface area contributed by atoms with Crippen molar-refractivity contribution >= 4 is 23.2 Å². The molecular formula is C19H18N2O5. The number of imide groups is 1. The lowest BCUT2D eigenvalue weighted by molar-refractivity contribution is -0.384. The third kappa shape index (κ3) is 2.00. The second-order valence-corrected chi connectivity index (χ2v) is 7.07. The molecule has 4 rings (SSSR count). The van der Waals surface area contributed by atoms with Crippen LogP contribution >= 0.6 is 0 Å². The number of benzene rings is 1. The standard InChI is InChI=1S/C19H18N2O5/c1-9(2)15-11-5-6-12(15)17-16(11)18(22)20(19(17)23)13-7-4-10(26-3)8-14(13)21(24)25/h4-8,11-12,16-17H,1-3H3/t11-,12+,16-,17-/m1/s1. The number of carbonyl (C=O) groups is 2. The number of nitrogens with zero attached hydrogens (tertiary/aromatic N) is 2. The Morgan fingerprint density at radius 1 is 1.12 bits per heavy atom. The Hall–Kier alpha value is -2.96. The van der Waals surface area contributed by atoms with Crippen LogP contribution in [0.25, 0.3) is 0 Å². The summed E-state index contributed by atoms with van der Waals surface area (Å²) < 4.78 is 5.03. The number of allylic oxidation sites excluding steroid dienone is 4. The summed E-state index contributed by atoms with van der Waals surface area (Å²) in [5, 5.41) is 11.5. The number of anilines is 1. The Balaban J connectivity index is 1.79. The summed E-state index contributed by atoms with van der Waals surface area (Å²) in [6.07, 6.45) is 3.98. The maximum absolute atomic E-state index is 13.1. The Labute approximate surface area is 150 Å². The molecule has 1 aliphatic heterocycles. The molecule has 2 aliphatic carbocycles. The van der Waals surface area contributed by atoms with Gasteiger partial charge in [0.15, 0.2) is 0 Å². The number of rotatable bonds is 3. The molecule has 1 saturated carbocycles. The van der Waals surface area contributed by atoms with Crippen LogP contribution in [0, 0.1) is 33.8 Å². The van der Waals surface area contributed by atoms with Crippen LogP contribution in [0.4, 0.5) is 11.4 Å². The molecule has 1 saturated heterocycles. The molecule has 2 fully saturated rings. The Bertz CT molecular complexity index is 879. The van der Waals surface area contributed by atoms with Crippen molar-refractivity contribution in [2.75, 3.05) is 12.0 Å². The van der Waals surface area contributed by atoms with Crippen molar-refractivity contribution in [1.82, 2.24) is 0 Å². The molecule has 0 N–H and O–H groups in total. The predicted molar refractivity (Wildman–Crippen MR) is 93.6 cm³/mol. The lowest BCUT2D eigenvalue weighted by Crippen LogP contribution is -2.33. The normalized spacial score (nSPS) is 28.7. The van der Waals surface area contributed by atoms with Crippen LogP contribution in [-0.4, -0.2) is 23.8 Å². The Morgan fingerprint density at radius 2 is 1.69 bits per heavy atom. The molecule has 3 aliphatic rings. The fourth-order valence-corrected chi connectivity index (χ4v) is 4.63. The molecule has 1 heterocycles. The summed E-state index contributed by atoms with van der Waals surface area (Å²) in [5.41, 5.74) is 1.97. The van der Waals surface area contributed by atoms with Gasteiger partial charge in [0.05, 0.1) is 29.9 Å². The second-order valence-electron chi connectivity index (χ2n) is 7.07. The van der Waals surface area contributed by atoms with Gasteiger partial charge < -0.3 is 4.74 Å². The van der Waals surface area contributed by atoms with Gasteiger partial charge >= 0.3 is 0 Å². The molecule has 4 atom stereocenters. The quantitative estimate of drug-likeness (QED) is 0.360. The molecule has 2 amide bonds. The first-order chi connectivity index (χ1) is 12.4. The van der Waals surface area contributed by atoms with Gasteiger partial charge in [0, 0.05) is 11.8 Å². The number of ether oxygens (including phenoxy) is 1. The maximum atomic E-state index is 13.1. The van der Waals surface area contributed by atoms with Gasteiger partial charge in [-0.05, 0) is 26.0 Å². The molecule has 7 heteroatoms. The topological polar surface area (TPSA) is 89.8 Å². The highest BCUT2D eigenvalue weighted by Gasteiger charge is 2.62. The second kappa shape index (κ2) is 5.52. The minimum Gasteiger partial charge on any atom is -0.496 e. The molecular weight excluding hydrogens is 336 g/mol. The number of nitro groups is 1. The summed E-state index contributed by atoms with van der Waals surface area (Å²) >= 11 is 0. The molecule has 0 radical (unpaired) electrons. The van der Waals surface area contributed by atoms with Crippen LogP contribution in [0.2, 0.25) is 0 Å². The van der Waals surface area contributed by atoms with Gasteiger partial charge in [-0.2, -0.15) is 0 Å². The Kier molecular flexibility index (Phi) is 3.50. The third-order valence-corrected chi connectivity index (χ3v) is 5.61. The number of amides is 2. The zero-order chi connectivity index (χ0) is 18.7. The van der Waals surface area contributed by atoms with Gasteiger partial charge in [-0.3, -0.25) is 19.7 Å². The summed E-state index contributed by atoms with van der Waals surface area (Å²) in [5.74, 6) is -1.53. The monoisotopic (exact) mass is 354 g/mol. The van der Waals surface area contributed by atoms with E-state index in [0.29, 0.717) is 5.75 Å². The molecule has 0 spiro atoms. The summed E-state index contributed by atoms with van der Waals surface area (Å²) in [6, 6.07) is 4.16. The molecule has 1 aromatic rings. The van der Waals surface area contributed by atoms with Gasteiger partial charge in [-0.25, -0.2) is 4.90 Å². The maximum Gasteiger partial charge on any atom is 0.297 e. The van der Waals surface area contributed by atoms with Gasteiger partial charge in [0.25, 0.3) is 5.69 Å². The van der Waals surface area contributed by atoms with E-state index in [4.69, 9.17) is 4.74 Å². The molecule has 2 bridgehead atoms. The first kappa shape index (κ1) is 16.5. The number of fused-ring (bicyclic) bond motifs is 5. The average Bonchev–Trinajstić information content (AvgIpc) is 3.24. The number of carbonyl (C=O) groups excluding carboxylic acids is 2. The fourth-order valence-electron chi connectivity index (χ4n) is 4.63. The van der Waals surface area contributed by atoms with E-state index in [0.717, 1.165) is 16.0 Å². The average molecular weight is 354 g/mol. The van der Waals surface area contributed by atoms with Crippen molar-refractivity contribution in [3.05, 3.63) is 51.6 Å². The van der Waals surface area contributed by atoms with Gasteiger partial charge in [0.2, 0.25) is 11.8 Å². The fraction of sp³-hybridized carbons (Fsp3) is 0.368. The van der Waals surface area contributed by atoms with Crippen molar-refractivity contribution in [3.8, 4) is 5.75 Å². The van der Waals surface area contributed by atoms with E-state index in [1.54, 1.807) is 0 Å². The van der Waals surface area contributed by atoms with Crippen LogP contribution in [-0.2, 0) is 9.59 Å². The Morgan fingerprint density at radius 3 is 2.15 bits per heavy atom. The zero-order valence-corrected chi connectivity index (χ0v) is 14.6. The van der Waals surface area contributed by atoms with Crippen molar-refractivity contribution < 1.29 is 19.2 Å². The smallest absolute Gasteiger partial charge is 0.297 e. The summed E-state index contributed by atoms with van der Waals surface area (Å²) in [6.45, 7) is 3.98. The molecule has 7 nitrogen and oxygen atoms in total. The van der Waals surface area contributed by atoms with E-state index in [2.05, 4.69) is 0 Å². The molecule has 1 aromatic carbocycles. The van der Waals surface area contributed by atoms with Crippen molar-refractivity contribution in [1.29, 1.82) is 0 Å². The predicted octanol–water partition coefficient (Wildman–Crippen LogP) is 2.86. The van der Waals surface area contributed by atoms with Crippen molar-refractivity contribution in [3.63, 3.8) is 0 Å². The van der Waals surface area contributed by atoms with Gasteiger partial charge in [0.1, 0.15) is 11.4 Å². The first-order valence-corrected chi connectivity index (χ1v) is 8.42. The van der Waals surface area contributed by atoms with E-state index in [-0.39, 0.29) is 35.0 Å². The number of hydrogen-bond acceptors (Lipinski definition) is 5. The molecule has 26 heavy (non-hydrogen) atoms. The van der Waals surface area contributed by atoms with E-state index < -0.39 is 16.8 Å². The highest BCUT2D eigenvalue weighted by atomic mass is 16.6. The van der Waals surface area contributed by atoms with Crippen LogP contribution < -0.4 is 9.64 Å². The molecule has 134 valence electrons. The van der Waals surface area contributed by atoms with E-state index >= 15 is 0 Å². The lowest BCUT2D eigenvalue weighted by Gasteiger charge is -2.19. The highest BCUT2D eigenvalue weighted by Crippen LogP contribution is 2.57. The van der Waals surface area contributed by atoms with E-state index in [1.807, 2.05) is 26.0 Å². The number of hydrogen-bond donors (Lipinski definition) is 0. The zero-order valence-electron chi connectivity index (χ0n) is 14.6. The lowest BCUT2D eigenvalue weighted by atomic mass is 9.85. The largest absolute Gasteiger partial charge is 0.496 e. The molecule has 0 aromatic heterocycles. The third-order valence-electron chi connectivity index (χ3n) is 5.61.